The number of hydrogen-bond acceptors (Lipinski definition) is 0. The predicted octanol–water partition coefficient (Wildman–Crippen LogP) is 3.96. The Morgan fingerprint density at radius 3 is 2.21 bits per heavy atom. The van der Waals surface area contributed by atoms with Crippen LogP contribution in [-0.2, 0) is 16.3 Å². The van der Waals surface area contributed by atoms with Crippen molar-refractivity contribution in [1.29, 1.82) is 0 Å². The minimum absolute atomic E-state index is 0.605. The van der Waals surface area contributed by atoms with Crippen LogP contribution in [0.5, 0.6) is 0 Å². The first-order chi connectivity index (χ1) is 6.49. The first kappa shape index (κ1) is 14.9. The third kappa shape index (κ3) is 6.38. The van der Waals surface area contributed by atoms with Gasteiger partial charge in [0.1, 0.15) is 8.07 Å². The molecule has 1 fully saturated rings. The molecule has 14 heavy (non-hydrogen) atoms. The van der Waals surface area contributed by atoms with E-state index in [1.54, 1.807) is 0 Å². The summed E-state index contributed by atoms with van der Waals surface area (Å²) in [6.07, 6.45) is 3.90. The molecule has 0 unspecified atom stereocenters. The fraction of sp³-hybridized carbons (Fsp3) is 0.727. The molecule has 0 amide bonds. The van der Waals surface area contributed by atoms with Gasteiger partial charge in [-0.2, -0.15) is 5.92 Å². The van der Waals surface area contributed by atoms with E-state index in [1.807, 2.05) is 0 Å². The van der Waals surface area contributed by atoms with Crippen LogP contribution in [0.15, 0.2) is 0 Å². The second-order valence-electron chi connectivity index (χ2n) is 4.82. The van der Waals surface area contributed by atoms with Crippen LogP contribution in [0.25, 0.3) is 0 Å². The fourth-order valence-corrected chi connectivity index (χ4v) is 2.15. The zero-order chi connectivity index (χ0) is 11.2. The van der Waals surface area contributed by atoms with Crippen molar-refractivity contribution in [3.63, 3.8) is 0 Å². The summed E-state index contributed by atoms with van der Waals surface area (Å²) >= 11 is 4.25. The number of halogens is 1. The van der Waals surface area contributed by atoms with Crippen LogP contribution in [0.3, 0.4) is 0 Å². The van der Waals surface area contributed by atoms with Crippen molar-refractivity contribution in [3.8, 4) is 11.5 Å². The van der Waals surface area contributed by atoms with E-state index in [-0.39, 0.29) is 0 Å². The fourth-order valence-electron chi connectivity index (χ4n) is 1.54. The van der Waals surface area contributed by atoms with E-state index < -0.39 is 8.07 Å². The summed E-state index contributed by atoms with van der Waals surface area (Å²) in [6, 6.07) is 0. The summed E-state index contributed by atoms with van der Waals surface area (Å²) in [5.41, 5.74) is 3.44. The molecule has 1 aliphatic rings. The zero-order valence-corrected chi connectivity index (χ0v) is 15.1. The van der Waals surface area contributed by atoms with E-state index in [2.05, 4.69) is 51.7 Å². The summed E-state index contributed by atoms with van der Waals surface area (Å²) in [6.45, 7) is 11.0. The Bertz CT molecular complexity index is 212. The molecular formula is C11H19BrSiZn. The molecule has 0 bridgehead atoms. The van der Waals surface area contributed by atoms with Crippen molar-refractivity contribution in [3.05, 3.63) is 6.92 Å². The SMILES string of the molecule is [CH2-][C@@H]1CCC[C@@H]1C#C[Si](C)(C)C.[Zn+][Br]. The average molecular weight is 325 g/mol. The molecule has 0 aromatic rings. The Balaban J connectivity index is 0.000000791. The minimum atomic E-state index is -1.14. The normalized spacial score (nSPS) is 25.9. The molecule has 0 heterocycles. The van der Waals surface area contributed by atoms with Gasteiger partial charge in [-0.3, -0.25) is 0 Å². The third-order valence-electron chi connectivity index (χ3n) is 2.29. The van der Waals surface area contributed by atoms with Crippen LogP contribution >= 0.6 is 13.6 Å². The van der Waals surface area contributed by atoms with Gasteiger partial charge in [0.15, 0.2) is 0 Å². The molecule has 1 aliphatic carbocycles. The van der Waals surface area contributed by atoms with Crippen molar-refractivity contribution in [2.24, 2.45) is 11.8 Å². The summed E-state index contributed by atoms with van der Waals surface area (Å²) in [4.78, 5) is 0. The van der Waals surface area contributed by atoms with Gasteiger partial charge in [0.25, 0.3) is 0 Å². The van der Waals surface area contributed by atoms with Gasteiger partial charge >= 0.3 is 30.0 Å². The van der Waals surface area contributed by atoms with Crippen molar-refractivity contribution < 1.29 is 16.3 Å². The first-order valence-corrected chi connectivity index (χ1v) is 15.6. The molecule has 0 nitrogen and oxygen atoms in total. The summed E-state index contributed by atoms with van der Waals surface area (Å²) in [7, 11) is -1.14. The van der Waals surface area contributed by atoms with Crippen LogP contribution in [0, 0.1) is 30.2 Å². The standard InChI is InChI=1S/C11H19Si.BrH.Zn/c1-10-6-5-7-11(10)8-9-12(2,3)4;;/h10-11H,1,5-7H2,2-4H3;1H;/q-1;;+2/p-1/t10-,11-;;/m1../s1. The van der Waals surface area contributed by atoms with E-state index >= 15 is 0 Å². The van der Waals surface area contributed by atoms with Crippen molar-refractivity contribution >= 4 is 21.7 Å². The molecule has 0 spiro atoms. The molecule has 0 aromatic carbocycles. The van der Waals surface area contributed by atoms with Crippen LogP contribution in [-0.4, -0.2) is 8.07 Å². The van der Waals surface area contributed by atoms with Gasteiger partial charge in [0.2, 0.25) is 0 Å². The van der Waals surface area contributed by atoms with E-state index in [1.165, 1.54) is 35.6 Å². The van der Waals surface area contributed by atoms with Crippen LogP contribution < -0.4 is 0 Å². The Labute approximate surface area is 107 Å². The Kier molecular flexibility index (Phi) is 7.66. The molecule has 0 radical (unpaired) electrons. The average Bonchev–Trinajstić information content (AvgIpc) is 2.50. The molecule has 0 aliphatic heterocycles. The predicted molar refractivity (Wildman–Crippen MR) is 66.2 cm³/mol. The molecule has 0 aromatic heterocycles. The van der Waals surface area contributed by atoms with Gasteiger partial charge in [0.05, 0.1) is 0 Å². The summed E-state index contributed by atoms with van der Waals surface area (Å²) < 4.78 is 0. The molecule has 0 N–H and O–H groups in total. The Hall–Kier alpha value is 0.880. The van der Waals surface area contributed by atoms with E-state index in [9.17, 15) is 0 Å². The van der Waals surface area contributed by atoms with E-state index in [4.69, 9.17) is 0 Å². The second kappa shape index (κ2) is 7.20. The molecular weight excluding hydrogens is 306 g/mol. The molecule has 0 saturated heterocycles. The number of rotatable bonds is 0. The Morgan fingerprint density at radius 2 is 1.86 bits per heavy atom. The second-order valence-corrected chi connectivity index (χ2v) is 9.57. The topological polar surface area (TPSA) is 0 Å². The molecule has 3 heteroatoms. The quantitative estimate of drug-likeness (QED) is 0.359. The molecule has 2 atom stereocenters. The van der Waals surface area contributed by atoms with Crippen LogP contribution in [0.4, 0.5) is 0 Å². The van der Waals surface area contributed by atoms with Crippen LogP contribution in [0.2, 0.25) is 19.6 Å². The van der Waals surface area contributed by atoms with Crippen molar-refractivity contribution in [2.45, 2.75) is 38.9 Å². The monoisotopic (exact) mass is 322 g/mol. The van der Waals surface area contributed by atoms with Gasteiger partial charge in [-0.1, -0.05) is 32.5 Å². The summed E-state index contributed by atoms with van der Waals surface area (Å²) in [5, 5.41) is 0. The molecule has 76 valence electrons. The molecule has 1 saturated carbocycles. The maximum atomic E-state index is 4.13. The van der Waals surface area contributed by atoms with Gasteiger partial charge in [-0.15, -0.1) is 11.5 Å². The first-order valence-electron chi connectivity index (χ1n) is 5.11. The third-order valence-corrected chi connectivity index (χ3v) is 3.19. The van der Waals surface area contributed by atoms with Gasteiger partial charge < -0.3 is 6.92 Å². The van der Waals surface area contributed by atoms with Crippen molar-refractivity contribution in [2.75, 3.05) is 0 Å². The zero-order valence-electron chi connectivity index (χ0n) is 9.57. The van der Waals surface area contributed by atoms with Crippen molar-refractivity contribution in [1.82, 2.24) is 0 Å². The van der Waals surface area contributed by atoms with Crippen LogP contribution in [0.1, 0.15) is 19.3 Å². The Morgan fingerprint density at radius 1 is 1.29 bits per heavy atom. The van der Waals surface area contributed by atoms with Gasteiger partial charge in [-0.05, 0) is 12.3 Å². The van der Waals surface area contributed by atoms with E-state index in [0.29, 0.717) is 11.8 Å². The maximum absolute atomic E-state index is 4.13. The number of hydrogen-bond donors (Lipinski definition) is 0. The van der Waals surface area contributed by atoms with Gasteiger partial charge in [-0.25, -0.2) is 0 Å². The summed E-state index contributed by atoms with van der Waals surface area (Å²) in [5.74, 6) is 4.63. The molecule has 1 rings (SSSR count). The van der Waals surface area contributed by atoms with E-state index in [0.717, 1.165) is 0 Å². The van der Waals surface area contributed by atoms with Gasteiger partial charge in [0, 0.05) is 0 Å².